The number of ether oxygens (including phenoxy) is 1. The Morgan fingerprint density at radius 3 is 1.93 bits per heavy atom. The van der Waals surface area contributed by atoms with Crippen molar-refractivity contribution >= 4 is 0 Å². The Morgan fingerprint density at radius 2 is 1.47 bits per heavy atom. The van der Waals surface area contributed by atoms with Gasteiger partial charge in [-0.2, -0.15) is 0 Å². The van der Waals surface area contributed by atoms with Gasteiger partial charge in [-0.05, 0) is 23.7 Å². The van der Waals surface area contributed by atoms with Gasteiger partial charge in [-0.1, -0.05) is 54.4 Å². The van der Waals surface area contributed by atoms with Crippen LogP contribution >= 0.6 is 0 Å². The molecule has 0 heterocycles. The Morgan fingerprint density at radius 1 is 0.867 bits per heavy atom. The molecule has 0 aliphatic carbocycles. The molecule has 0 amide bonds. The van der Waals surface area contributed by atoms with E-state index in [2.05, 4.69) is 41.5 Å². The molecule has 92 valence electrons. The fourth-order valence-corrected chi connectivity index (χ4v) is 1.62. The first kappa shape index (κ1) is 15.0. The third-order valence-electron chi connectivity index (χ3n) is 3.30. The molecule has 1 heteroatoms. The number of hydrogen-bond acceptors (Lipinski definition) is 1. The lowest BCUT2D eigenvalue weighted by Gasteiger charge is -2.26. The summed E-state index contributed by atoms with van der Waals surface area (Å²) in [7, 11) is 0. The minimum Gasteiger partial charge on any atom is -0.381 e. The van der Waals surface area contributed by atoms with E-state index < -0.39 is 0 Å². The second-order valence-electron chi connectivity index (χ2n) is 6.23. The highest BCUT2D eigenvalue weighted by molar-refractivity contribution is 4.68. The fraction of sp³-hybridized carbons (Fsp3) is 1.00. The molecule has 0 aliphatic heterocycles. The molecule has 0 aromatic heterocycles. The average molecular weight is 214 g/mol. The van der Waals surface area contributed by atoms with E-state index in [1.54, 1.807) is 0 Å². The van der Waals surface area contributed by atoms with E-state index in [9.17, 15) is 0 Å². The molecule has 0 rings (SSSR count). The maximum atomic E-state index is 5.79. The summed E-state index contributed by atoms with van der Waals surface area (Å²) in [5.41, 5.74) is 0.792. The highest BCUT2D eigenvalue weighted by Gasteiger charge is 2.18. The van der Waals surface area contributed by atoms with Crippen molar-refractivity contribution in [2.24, 2.45) is 10.8 Å². The lowest BCUT2D eigenvalue weighted by molar-refractivity contribution is 0.0411. The molecule has 0 saturated heterocycles. The van der Waals surface area contributed by atoms with E-state index in [0.29, 0.717) is 10.8 Å². The topological polar surface area (TPSA) is 9.23 Å². The summed E-state index contributed by atoms with van der Waals surface area (Å²) in [5, 5.41) is 0. The van der Waals surface area contributed by atoms with Gasteiger partial charge in [0.25, 0.3) is 0 Å². The van der Waals surface area contributed by atoms with Crippen LogP contribution in [-0.4, -0.2) is 13.2 Å². The van der Waals surface area contributed by atoms with Crippen LogP contribution in [0, 0.1) is 10.8 Å². The van der Waals surface area contributed by atoms with Gasteiger partial charge < -0.3 is 4.74 Å². The zero-order chi connectivity index (χ0) is 11.9. The highest BCUT2D eigenvalue weighted by atomic mass is 16.5. The Bertz CT molecular complexity index is 159. The van der Waals surface area contributed by atoms with Crippen LogP contribution in [0.5, 0.6) is 0 Å². The summed E-state index contributed by atoms with van der Waals surface area (Å²) in [5.74, 6) is 0. The maximum Gasteiger partial charge on any atom is 0.0517 e. The average Bonchev–Trinajstić information content (AvgIpc) is 2.13. The molecule has 0 atom stereocenters. The van der Waals surface area contributed by atoms with Crippen molar-refractivity contribution < 1.29 is 4.74 Å². The van der Waals surface area contributed by atoms with Crippen LogP contribution in [0.1, 0.15) is 67.2 Å². The lowest BCUT2D eigenvalue weighted by Crippen LogP contribution is -2.21. The van der Waals surface area contributed by atoms with Crippen molar-refractivity contribution in [3.05, 3.63) is 0 Å². The summed E-state index contributed by atoms with van der Waals surface area (Å²) in [6.45, 7) is 15.5. The van der Waals surface area contributed by atoms with Gasteiger partial charge in [-0.25, -0.2) is 0 Å². The van der Waals surface area contributed by atoms with Crippen molar-refractivity contribution in [2.45, 2.75) is 67.2 Å². The summed E-state index contributed by atoms with van der Waals surface area (Å²) >= 11 is 0. The predicted octanol–water partition coefficient (Wildman–Crippen LogP) is 4.66. The second-order valence-corrected chi connectivity index (χ2v) is 6.23. The van der Waals surface area contributed by atoms with Gasteiger partial charge in [0.1, 0.15) is 0 Å². The molecule has 0 spiro atoms. The summed E-state index contributed by atoms with van der Waals surface area (Å²) in [4.78, 5) is 0. The molecule has 0 fully saturated rings. The van der Waals surface area contributed by atoms with Crippen LogP contribution in [-0.2, 0) is 4.74 Å². The quantitative estimate of drug-likeness (QED) is 0.534. The summed E-state index contributed by atoms with van der Waals surface area (Å²) < 4.78 is 5.79. The molecule has 15 heavy (non-hydrogen) atoms. The largest absolute Gasteiger partial charge is 0.381 e. The van der Waals surface area contributed by atoms with Gasteiger partial charge in [0.05, 0.1) is 6.61 Å². The van der Waals surface area contributed by atoms with E-state index >= 15 is 0 Å². The van der Waals surface area contributed by atoms with Crippen molar-refractivity contribution in [1.82, 2.24) is 0 Å². The fourth-order valence-electron chi connectivity index (χ4n) is 1.62. The Hall–Kier alpha value is -0.0400. The minimum atomic E-state index is 0.352. The second kappa shape index (κ2) is 6.52. The molecule has 1 nitrogen and oxygen atoms in total. The van der Waals surface area contributed by atoms with E-state index in [1.807, 2.05) is 0 Å². The number of hydrogen-bond donors (Lipinski definition) is 0. The number of rotatable bonds is 8. The van der Waals surface area contributed by atoms with Crippen LogP contribution in [0.25, 0.3) is 0 Å². The molecule has 0 saturated carbocycles. The first-order valence-electron chi connectivity index (χ1n) is 6.41. The first-order valence-corrected chi connectivity index (χ1v) is 6.41. The van der Waals surface area contributed by atoms with Crippen LogP contribution in [0.15, 0.2) is 0 Å². The van der Waals surface area contributed by atoms with Crippen molar-refractivity contribution in [3.8, 4) is 0 Å². The van der Waals surface area contributed by atoms with E-state index in [0.717, 1.165) is 13.2 Å². The minimum absolute atomic E-state index is 0.352. The summed E-state index contributed by atoms with van der Waals surface area (Å²) in [6, 6.07) is 0. The van der Waals surface area contributed by atoms with Gasteiger partial charge in [-0.3, -0.25) is 0 Å². The van der Waals surface area contributed by atoms with Gasteiger partial charge in [0.2, 0.25) is 0 Å². The Labute approximate surface area is 96.6 Å². The van der Waals surface area contributed by atoms with Crippen LogP contribution in [0.4, 0.5) is 0 Å². The van der Waals surface area contributed by atoms with Crippen LogP contribution in [0.3, 0.4) is 0 Å². The van der Waals surface area contributed by atoms with E-state index in [4.69, 9.17) is 4.74 Å². The van der Waals surface area contributed by atoms with Crippen molar-refractivity contribution in [1.29, 1.82) is 0 Å². The molecule has 0 bridgehead atoms. The van der Waals surface area contributed by atoms with Crippen LogP contribution in [0.2, 0.25) is 0 Å². The van der Waals surface area contributed by atoms with E-state index in [1.165, 1.54) is 25.7 Å². The molecule has 0 unspecified atom stereocenters. The molecule has 0 aromatic carbocycles. The molecular formula is C14H30O. The van der Waals surface area contributed by atoms with Gasteiger partial charge in [0, 0.05) is 6.61 Å². The smallest absolute Gasteiger partial charge is 0.0517 e. The molecule has 0 radical (unpaired) electrons. The van der Waals surface area contributed by atoms with E-state index in [-0.39, 0.29) is 0 Å². The predicted molar refractivity (Wildman–Crippen MR) is 68.2 cm³/mol. The van der Waals surface area contributed by atoms with Gasteiger partial charge in [-0.15, -0.1) is 0 Å². The van der Waals surface area contributed by atoms with Crippen molar-refractivity contribution in [3.63, 3.8) is 0 Å². The molecular weight excluding hydrogens is 184 g/mol. The molecule has 0 aromatic rings. The third-order valence-corrected chi connectivity index (χ3v) is 3.30. The van der Waals surface area contributed by atoms with Gasteiger partial charge in [0.15, 0.2) is 0 Å². The van der Waals surface area contributed by atoms with Crippen molar-refractivity contribution in [2.75, 3.05) is 13.2 Å². The monoisotopic (exact) mass is 214 g/mol. The zero-order valence-corrected chi connectivity index (χ0v) is 11.7. The van der Waals surface area contributed by atoms with Crippen LogP contribution < -0.4 is 0 Å². The molecule has 0 N–H and O–H groups in total. The van der Waals surface area contributed by atoms with Gasteiger partial charge >= 0.3 is 0 Å². The zero-order valence-electron chi connectivity index (χ0n) is 11.7. The SMILES string of the molecule is CCCC(C)(C)COCCC(C)(C)CC. The summed E-state index contributed by atoms with van der Waals surface area (Å²) in [6.07, 6.45) is 4.90. The third kappa shape index (κ3) is 7.84. The highest BCUT2D eigenvalue weighted by Crippen LogP contribution is 2.26. The Kier molecular flexibility index (Phi) is 6.51. The normalized spacial score (nSPS) is 13.2. The molecule has 0 aliphatic rings. The Balaban J connectivity index is 3.62. The lowest BCUT2D eigenvalue weighted by atomic mass is 9.87. The first-order chi connectivity index (χ1) is 6.83. The maximum absolute atomic E-state index is 5.79. The standard InChI is InChI=1S/C14H30O/c1-7-9-14(5,6)12-15-11-10-13(3,4)8-2/h7-12H2,1-6H3.